The van der Waals surface area contributed by atoms with Crippen molar-refractivity contribution in [1.29, 1.82) is 0 Å². The molecule has 0 aliphatic heterocycles. The third kappa shape index (κ3) is 3.56. The van der Waals surface area contributed by atoms with Crippen molar-refractivity contribution in [2.45, 2.75) is 40.0 Å². The van der Waals surface area contributed by atoms with Crippen LogP contribution in [0.25, 0.3) is 27.9 Å². The van der Waals surface area contributed by atoms with Gasteiger partial charge in [0.05, 0.1) is 29.3 Å². The second kappa shape index (κ2) is 8.68. The van der Waals surface area contributed by atoms with Gasteiger partial charge in [0.25, 0.3) is 0 Å². The van der Waals surface area contributed by atoms with Crippen LogP contribution in [0.4, 0.5) is 5.82 Å². The number of hydrogen-bond acceptors (Lipinski definition) is 4. The van der Waals surface area contributed by atoms with E-state index in [-0.39, 0.29) is 0 Å². The molecule has 5 nitrogen and oxygen atoms in total. The summed E-state index contributed by atoms with van der Waals surface area (Å²) in [7, 11) is 3.96. The normalized spacial score (nSPS) is 13.7. The number of nitrogens with zero attached hydrogens (tertiary/aromatic N) is 3. The Hall–Kier alpha value is -2.53. The average molecular weight is 407 g/mol. The van der Waals surface area contributed by atoms with Gasteiger partial charge in [0.15, 0.2) is 0 Å². The van der Waals surface area contributed by atoms with E-state index in [2.05, 4.69) is 60.8 Å². The van der Waals surface area contributed by atoms with E-state index in [1.54, 1.807) is 7.11 Å². The summed E-state index contributed by atoms with van der Waals surface area (Å²) < 4.78 is 7.87. The number of rotatable bonds is 8. The lowest BCUT2D eigenvalue weighted by molar-refractivity contribution is 0.280. The number of hydrogen-bond donors (Lipinski definition) is 1. The summed E-state index contributed by atoms with van der Waals surface area (Å²) in [5.74, 6) is 2.07. The molecule has 2 aromatic heterocycles. The van der Waals surface area contributed by atoms with E-state index in [9.17, 15) is 0 Å². The summed E-state index contributed by atoms with van der Waals surface area (Å²) >= 11 is 0. The Morgan fingerprint density at radius 2 is 1.97 bits per heavy atom. The molecular weight excluding hydrogens is 372 g/mol. The van der Waals surface area contributed by atoms with Crippen molar-refractivity contribution >= 4 is 33.7 Å². The van der Waals surface area contributed by atoms with Crippen LogP contribution in [0.1, 0.15) is 43.4 Å². The van der Waals surface area contributed by atoms with Crippen molar-refractivity contribution < 1.29 is 4.74 Å². The first-order chi connectivity index (χ1) is 14.6. The molecule has 0 radical (unpaired) electrons. The zero-order chi connectivity index (χ0) is 21.3. The Bertz CT molecular complexity index is 1090. The highest BCUT2D eigenvalue weighted by Gasteiger charge is 2.21. The molecule has 2 heterocycles. The van der Waals surface area contributed by atoms with Crippen LogP contribution in [0.2, 0.25) is 0 Å². The van der Waals surface area contributed by atoms with Crippen molar-refractivity contribution in [2.75, 3.05) is 38.6 Å². The lowest BCUT2D eigenvalue weighted by atomic mass is 9.93. The van der Waals surface area contributed by atoms with Gasteiger partial charge in [-0.05, 0) is 62.2 Å². The number of ether oxygens (including phenoxy) is 1. The molecule has 1 aliphatic carbocycles. The molecule has 0 unspecified atom stereocenters. The highest BCUT2D eigenvalue weighted by Crippen LogP contribution is 2.39. The van der Waals surface area contributed by atoms with Crippen LogP contribution in [-0.2, 0) is 18.2 Å². The number of aromatic nitrogens is 2. The Balaban J connectivity index is 1.74. The standard InChI is InChI=1S/C25H34N4O/c1-6-29(7-2)14-8-13-26-25-22-21-11-9-18-15-19(30-5)10-12-20(18)24(21)28(4)23(22)17(3)16-27-25/h9,11,15-16H,6-8,10,12-14H2,1-5H3,(H,26,27). The van der Waals surface area contributed by atoms with E-state index in [0.29, 0.717) is 0 Å². The van der Waals surface area contributed by atoms with Gasteiger partial charge in [-0.15, -0.1) is 0 Å². The number of nitrogens with one attached hydrogen (secondary N) is 1. The Morgan fingerprint density at radius 1 is 1.17 bits per heavy atom. The van der Waals surface area contributed by atoms with Crippen molar-refractivity contribution in [1.82, 2.24) is 14.5 Å². The number of anilines is 1. The molecule has 0 spiro atoms. The topological polar surface area (TPSA) is 42.3 Å². The third-order valence-electron chi connectivity index (χ3n) is 6.53. The largest absolute Gasteiger partial charge is 0.501 e. The lowest BCUT2D eigenvalue weighted by Crippen LogP contribution is -2.25. The molecule has 0 saturated heterocycles. The maximum atomic E-state index is 5.51. The maximum absolute atomic E-state index is 5.51. The first-order valence-electron chi connectivity index (χ1n) is 11.2. The van der Waals surface area contributed by atoms with Crippen LogP contribution in [0.5, 0.6) is 0 Å². The fourth-order valence-corrected chi connectivity index (χ4v) is 4.87. The zero-order valence-electron chi connectivity index (χ0n) is 19.0. The predicted molar refractivity (Wildman–Crippen MR) is 127 cm³/mol. The third-order valence-corrected chi connectivity index (χ3v) is 6.53. The smallest absolute Gasteiger partial charge is 0.136 e. The molecule has 0 bridgehead atoms. The van der Waals surface area contributed by atoms with Gasteiger partial charge in [-0.3, -0.25) is 0 Å². The molecule has 0 atom stereocenters. The monoisotopic (exact) mass is 406 g/mol. The lowest BCUT2D eigenvalue weighted by Gasteiger charge is -2.18. The minimum absolute atomic E-state index is 0.933. The number of aryl methyl sites for hydroxylation is 3. The van der Waals surface area contributed by atoms with Gasteiger partial charge in [0.2, 0.25) is 0 Å². The average Bonchev–Trinajstić information content (AvgIpc) is 3.08. The Kier molecular flexibility index (Phi) is 6.00. The molecule has 0 saturated carbocycles. The SMILES string of the molecule is CCN(CC)CCCNc1ncc(C)c2c1c1ccc3c(c1n2C)CCC(OC)=C3. The molecule has 160 valence electrons. The van der Waals surface area contributed by atoms with Gasteiger partial charge in [0, 0.05) is 31.6 Å². The summed E-state index contributed by atoms with van der Waals surface area (Å²) in [4.78, 5) is 7.26. The van der Waals surface area contributed by atoms with Crippen molar-refractivity contribution in [2.24, 2.45) is 7.05 Å². The summed E-state index contributed by atoms with van der Waals surface area (Å²) in [6.07, 6.45) is 7.27. The van der Waals surface area contributed by atoms with Crippen molar-refractivity contribution in [3.05, 3.63) is 40.8 Å². The summed E-state index contributed by atoms with van der Waals surface area (Å²) in [5.41, 5.74) is 6.52. The van der Waals surface area contributed by atoms with Gasteiger partial charge in [-0.1, -0.05) is 26.0 Å². The second-order valence-corrected chi connectivity index (χ2v) is 8.22. The van der Waals surface area contributed by atoms with Gasteiger partial charge in [-0.25, -0.2) is 4.98 Å². The highest BCUT2D eigenvalue weighted by atomic mass is 16.5. The number of allylic oxidation sites excluding steroid dienone is 1. The molecule has 0 amide bonds. The van der Waals surface area contributed by atoms with E-state index in [0.717, 1.165) is 57.0 Å². The van der Waals surface area contributed by atoms with E-state index in [4.69, 9.17) is 9.72 Å². The fraction of sp³-hybridized carbons (Fsp3) is 0.480. The van der Waals surface area contributed by atoms with Crippen molar-refractivity contribution in [3.63, 3.8) is 0 Å². The van der Waals surface area contributed by atoms with Gasteiger partial charge < -0.3 is 19.5 Å². The van der Waals surface area contributed by atoms with E-state index < -0.39 is 0 Å². The molecule has 1 aromatic carbocycles. The molecule has 1 N–H and O–H groups in total. The van der Waals surface area contributed by atoms with Gasteiger partial charge in [0.1, 0.15) is 5.82 Å². The molecule has 3 aromatic rings. The molecule has 30 heavy (non-hydrogen) atoms. The summed E-state index contributed by atoms with van der Waals surface area (Å²) in [6, 6.07) is 4.50. The Labute approximate surface area is 179 Å². The molecule has 0 fully saturated rings. The quantitative estimate of drug-likeness (QED) is 0.528. The van der Waals surface area contributed by atoms with Gasteiger partial charge in [-0.2, -0.15) is 0 Å². The number of benzene rings is 1. The highest BCUT2D eigenvalue weighted by molar-refractivity contribution is 6.15. The number of fused-ring (bicyclic) bond motifs is 5. The van der Waals surface area contributed by atoms with Crippen LogP contribution in [0.15, 0.2) is 24.1 Å². The maximum Gasteiger partial charge on any atom is 0.136 e. The molecule has 1 aliphatic rings. The molecule has 5 heteroatoms. The van der Waals surface area contributed by atoms with Gasteiger partial charge >= 0.3 is 0 Å². The first kappa shape index (κ1) is 20.7. The minimum Gasteiger partial charge on any atom is -0.501 e. The van der Waals surface area contributed by atoms with E-state index in [1.807, 2.05) is 6.20 Å². The minimum atomic E-state index is 0.933. The van der Waals surface area contributed by atoms with Crippen LogP contribution in [0.3, 0.4) is 0 Å². The van der Waals surface area contributed by atoms with Crippen LogP contribution in [-0.4, -0.2) is 47.7 Å². The fourth-order valence-electron chi connectivity index (χ4n) is 4.87. The predicted octanol–water partition coefficient (Wildman–Crippen LogP) is 5.11. The summed E-state index contributed by atoms with van der Waals surface area (Å²) in [6.45, 7) is 10.9. The molecule has 4 rings (SSSR count). The zero-order valence-corrected chi connectivity index (χ0v) is 19.0. The number of pyridine rings is 1. The van der Waals surface area contributed by atoms with Crippen LogP contribution in [0, 0.1) is 6.92 Å². The van der Waals surface area contributed by atoms with Crippen LogP contribution >= 0.6 is 0 Å². The Morgan fingerprint density at radius 3 is 2.70 bits per heavy atom. The number of methoxy groups -OCH3 is 1. The van der Waals surface area contributed by atoms with E-state index >= 15 is 0 Å². The second-order valence-electron chi connectivity index (χ2n) is 8.22. The summed E-state index contributed by atoms with van der Waals surface area (Å²) in [5, 5.41) is 6.18. The molecular formula is C25H34N4O. The van der Waals surface area contributed by atoms with E-state index in [1.165, 1.54) is 38.5 Å². The van der Waals surface area contributed by atoms with Crippen molar-refractivity contribution in [3.8, 4) is 0 Å². The van der Waals surface area contributed by atoms with Crippen LogP contribution < -0.4 is 5.32 Å². The first-order valence-corrected chi connectivity index (χ1v) is 11.2.